The Bertz CT molecular complexity index is 705. The Morgan fingerprint density at radius 3 is 2.94 bits per heavy atom. The molecule has 0 fully saturated rings. The first kappa shape index (κ1) is 10.5. The lowest BCUT2D eigenvalue weighted by atomic mass is 10.2. The molecule has 86 valence electrons. The Hall–Kier alpha value is -1.66. The van der Waals surface area contributed by atoms with Crippen molar-refractivity contribution in [3.63, 3.8) is 0 Å². The van der Waals surface area contributed by atoms with Crippen molar-refractivity contribution in [3.8, 4) is 11.4 Å². The summed E-state index contributed by atoms with van der Waals surface area (Å²) in [6, 6.07) is 4.36. The standard InChI is InChI=1S/C10H6ClFN4S/c11-6-3-5(1-2-7(6)12)9-14-10-16(15-9)8(13)4-17-10/h1-4H,13H2. The fourth-order valence-corrected chi connectivity index (χ4v) is 2.35. The third-order valence-corrected chi connectivity index (χ3v) is 3.41. The smallest absolute Gasteiger partial charge is 0.214 e. The second-order valence-electron chi connectivity index (χ2n) is 3.42. The molecule has 0 radical (unpaired) electrons. The summed E-state index contributed by atoms with van der Waals surface area (Å²) in [5.41, 5.74) is 6.37. The van der Waals surface area contributed by atoms with Crippen LogP contribution < -0.4 is 5.73 Å². The molecule has 3 aromatic rings. The largest absolute Gasteiger partial charge is 0.383 e. The maximum absolute atomic E-state index is 13.0. The Morgan fingerprint density at radius 1 is 1.41 bits per heavy atom. The van der Waals surface area contributed by atoms with E-state index in [9.17, 15) is 4.39 Å². The Balaban J connectivity index is 2.16. The zero-order valence-electron chi connectivity index (χ0n) is 8.39. The molecule has 0 aliphatic rings. The summed E-state index contributed by atoms with van der Waals surface area (Å²) in [7, 11) is 0. The van der Waals surface area contributed by atoms with Crippen molar-refractivity contribution >= 4 is 33.7 Å². The van der Waals surface area contributed by atoms with Gasteiger partial charge in [-0.25, -0.2) is 4.39 Å². The molecule has 0 unspecified atom stereocenters. The number of halogens is 2. The van der Waals surface area contributed by atoms with Gasteiger partial charge in [-0.2, -0.15) is 9.50 Å². The van der Waals surface area contributed by atoms with Gasteiger partial charge >= 0.3 is 0 Å². The van der Waals surface area contributed by atoms with Gasteiger partial charge in [0.15, 0.2) is 5.82 Å². The number of rotatable bonds is 1. The number of anilines is 1. The second-order valence-corrected chi connectivity index (χ2v) is 4.66. The molecule has 0 aliphatic carbocycles. The number of nitrogens with two attached hydrogens (primary N) is 1. The number of thiazole rings is 1. The fourth-order valence-electron chi connectivity index (χ4n) is 1.46. The van der Waals surface area contributed by atoms with Gasteiger partial charge < -0.3 is 5.73 Å². The highest BCUT2D eigenvalue weighted by Gasteiger charge is 2.11. The molecule has 0 atom stereocenters. The molecule has 0 saturated heterocycles. The van der Waals surface area contributed by atoms with Crippen molar-refractivity contribution in [3.05, 3.63) is 34.4 Å². The molecule has 3 rings (SSSR count). The molecule has 17 heavy (non-hydrogen) atoms. The van der Waals surface area contributed by atoms with Crippen molar-refractivity contribution in [2.24, 2.45) is 0 Å². The van der Waals surface area contributed by atoms with Crippen LogP contribution in [0.1, 0.15) is 0 Å². The van der Waals surface area contributed by atoms with Crippen molar-refractivity contribution in [2.75, 3.05) is 5.73 Å². The predicted molar refractivity (Wildman–Crippen MR) is 65.7 cm³/mol. The summed E-state index contributed by atoms with van der Waals surface area (Å²) in [4.78, 5) is 4.98. The summed E-state index contributed by atoms with van der Waals surface area (Å²) >= 11 is 7.10. The molecular weight excluding hydrogens is 263 g/mol. The highest BCUT2D eigenvalue weighted by Crippen LogP contribution is 2.25. The molecular formula is C10H6ClFN4S. The quantitative estimate of drug-likeness (QED) is 0.738. The normalized spacial score (nSPS) is 11.2. The van der Waals surface area contributed by atoms with Gasteiger partial charge in [-0.15, -0.1) is 16.4 Å². The lowest BCUT2D eigenvalue weighted by molar-refractivity contribution is 0.628. The van der Waals surface area contributed by atoms with Gasteiger partial charge in [0, 0.05) is 10.9 Å². The van der Waals surface area contributed by atoms with Crippen molar-refractivity contribution < 1.29 is 4.39 Å². The lowest BCUT2D eigenvalue weighted by Gasteiger charge is -1.97. The molecule has 0 bridgehead atoms. The topological polar surface area (TPSA) is 56.2 Å². The number of aromatic nitrogens is 3. The average molecular weight is 269 g/mol. The van der Waals surface area contributed by atoms with Crippen LogP contribution in [-0.4, -0.2) is 14.6 Å². The van der Waals surface area contributed by atoms with E-state index in [0.29, 0.717) is 22.2 Å². The highest BCUT2D eigenvalue weighted by atomic mass is 35.5. The number of hydrogen-bond acceptors (Lipinski definition) is 4. The van der Waals surface area contributed by atoms with Crippen molar-refractivity contribution in [1.29, 1.82) is 0 Å². The number of fused-ring (bicyclic) bond motifs is 1. The SMILES string of the molecule is Nc1csc2nc(-c3ccc(F)c(Cl)c3)nn12. The summed E-state index contributed by atoms with van der Waals surface area (Å²) in [6.07, 6.45) is 0. The summed E-state index contributed by atoms with van der Waals surface area (Å²) < 4.78 is 14.6. The van der Waals surface area contributed by atoms with Gasteiger partial charge in [0.25, 0.3) is 0 Å². The van der Waals surface area contributed by atoms with Crippen LogP contribution in [0.2, 0.25) is 5.02 Å². The first-order valence-electron chi connectivity index (χ1n) is 4.70. The first-order chi connectivity index (χ1) is 8.15. The molecule has 0 amide bonds. The monoisotopic (exact) mass is 268 g/mol. The molecule has 4 nitrogen and oxygen atoms in total. The minimum absolute atomic E-state index is 0.0497. The van der Waals surface area contributed by atoms with Crippen LogP contribution in [0.4, 0.5) is 10.2 Å². The second kappa shape index (κ2) is 3.68. The maximum Gasteiger partial charge on any atom is 0.214 e. The van der Waals surface area contributed by atoms with E-state index in [2.05, 4.69) is 10.1 Å². The van der Waals surface area contributed by atoms with Crippen LogP contribution in [0.5, 0.6) is 0 Å². The van der Waals surface area contributed by atoms with E-state index >= 15 is 0 Å². The van der Waals surface area contributed by atoms with E-state index < -0.39 is 5.82 Å². The molecule has 7 heteroatoms. The average Bonchev–Trinajstić information content (AvgIpc) is 2.86. The van der Waals surface area contributed by atoms with Gasteiger partial charge in [-0.1, -0.05) is 11.6 Å². The van der Waals surface area contributed by atoms with Gasteiger partial charge in [-0.3, -0.25) is 0 Å². The van der Waals surface area contributed by atoms with Crippen LogP contribution >= 0.6 is 22.9 Å². The third-order valence-electron chi connectivity index (χ3n) is 2.28. The fraction of sp³-hybridized carbons (Fsp3) is 0. The number of nitrogen functional groups attached to an aromatic ring is 1. The molecule has 2 N–H and O–H groups in total. The van der Waals surface area contributed by atoms with E-state index in [-0.39, 0.29) is 5.02 Å². The van der Waals surface area contributed by atoms with Crippen LogP contribution in [0.15, 0.2) is 23.6 Å². The molecule has 1 aromatic carbocycles. The number of hydrogen-bond donors (Lipinski definition) is 1. The van der Waals surface area contributed by atoms with E-state index in [4.69, 9.17) is 17.3 Å². The minimum atomic E-state index is -0.462. The Kier molecular flexibility index (Phi) is 2.27. The van der Waals surface area contributed by atoms with Crippen LogP contribution in [0, 0.1) is 5.82 Å². The predicted octanol–water partition coefficient (Wildman–Crippen LogP) is 2.83. The zero-order valence-corrected chi connectivity index (χ0v) is 9.96. The molecule has 2 aromatic heterocycles. The third kappa shape index (κ3) is 1.65. The van der Waals surface area contributed by atoms with Crippen LogP contribution in [0.25, 0.3) is 16.3 Å². The van der Waals surface area contributed by atoms with Crippen LogP contribution in [-0.2, 0) is 0 Å². The van der Waals surface area contributed by atoms with E-state index in [1.54, 1.807) is 11.4 Å². The molecule has 0 saturated carbocycles. The van der Waals surface area contributed by atoms with E-state index in [1.165, 1.54) is 28.0 Å². The van der Waals surface area contributed by atoms with Crippen LogP contribution in [0.3, 0.4) is 0 Å². The Morgan fingerprint density at radius 2 is 2.24 bits per heavy atom. The van der Waals surface area contributed by atoms with Gasteiger partial charge in [-0.05, 0) is 18.2 Å². The van der Waals surface area contributed by atoms with Crippen molar-refractivity contribution in [1.82, 2.24) is 14.6 Å². The maximum atomic E-state index is 13.0. The van der Waals surface area contributed by atoms with Crippen molar-refractivity contribution in [2.45, 2.75) is 0 Å². The summed E-state index contributed by atoms with van der Waals surface area (Å²) in [6.45, 7) is 0. The summed E-state index contributed by atoms with van der Waals surface area (Å²) in [5.74, 6) is 0.540. The highest BCUT2D eigenvalue weighted by molar-refractivity contribution is 7.15. The van der Waals surface area contributed by atoms with E-state index in [0.717, 1.165) is 0 Å². The van der Waals surface area contributed by atoms with Gasteiger partial charge in [0.05, 0.1) is 5.02 Å². The molecule has 0 spiro atoms. The number of benzene rings is 1. The molecule has 0 aliphatic heterocycles. The van der Waals surface area contributed by atoms with E-state index in [1.807, 2.05) is 0 Å². The first-order valence-corrected chi connectivity index (χ1v) is 5.96. The number of nitrogens with zero attached hydrogens (tertiary/aromatic N) is 3. The molecule has 2 heterocycles. The van der Waals surface area contributed by atoms with Gasteiger partial charge in [0.2, 0.25) is 4.96 Å². The lowest BCUT2D eigenvalue weighted by Crippen LogP contribution is -1.92. The zero-order chi connectivity index (χ0) is 12.0. The summed E-state index contributed by atoms with van der Waals surface area (Å²) in [5, 5.41) is 6.03. The Labute approximate surface area is 104 Å². The van der Waals surface area contributed by atoms with Gasteiger partial charge in [0.1, 0.15) is 11.6 Å². The minimum Gasteiger partial charge on any atom is -0.383 e.